The van der Waals surface area contributed by atoms with Crippen molar-refractivity contribution in [3.8, 4) is 0 Å². The van der Waals surface area contributed by atoms with Gasteiger partial charge < -0.3 is 4.74 Å². The summed E-state index contributed by atoms with van der Waals surface area (Å²) in [5.74, 6) is 7.47. The fourth-order valence-corrected chi connectivity index (χ4v) is 3.54. The second-order valence-electron chi connectivity index (χ2n) is 6.36. The Hall–Kier alpha value is -0.120. The molecule has 2 rings (SSSR count). The highest BCUT2D eigenvalue weighted by molar-refractivity contribution is 4.81. The summed E-state index contributed by atoms with van der Waals surface area (Å²) in [5.41, 5.74) is 3.07. The van der Waals surface area contributed by atoms with Gasteiger partial charge in [0.2, 0.25) is 0 Å². The van der Waals surface area contributed by atoms with Crippen molar-refractivity contribution in [3.63, 3.8) is 0 Å². The van der Waals surface area contributed by atoms with E-state index in [1.165, 1.54) is 57.8 Å². The van der Waals surface area contributed by atoms with Crippen molar-refractivity contribution in [2.24, 2.45) is 17.7 Å². The zero-order chi connectivity index (χ0) is 12.8. The summed E-state index contributed by atoms with van der Waals surface area (Å²) in [7, 11) is 0. The van der Waals surface area contributed by atoms with Crippen LogP contribution in [0.2, 0.25) is 0 Å². The average Bonchev–Trinajstić information content (AvgIpc) is 2.42. The van der Waals surface area contributed by atoms with E-state index in [4.69, 9.17) is 10.6 Å². The van der Waals surface area contributed by atoms with Gasteiger partial charge in [0.05, 0.1) is 6.10 Å². The Morgan fingerprint density at radius 3 is 2.56 bits per heavy atom. The fourth-order valence-electron chi connectivity index (χ4n) is 3.54. The van der Waals surface area contributed by atoms with Gasteiger partial charge in [0.1, 0.15) is 0 Å². The second-order valence-corrected chi connectivity index (χ2v) is 6.36. The lowest BCUT2D eigenvalue weighted by Gasteiger charge is -2.33. The molecular weight excluding hydrogens is 224 g/mol. The molecule has 1 saturated carbocycles. The lowest BCUT2D eigenvalue weighted by molar-refractivity contribution is 0.00686. The molecule has 0 bridgehead atoms. The number of hydrazine groups is 1. The smallest absolute Gasteiger partial charge is 0.0575 e. The molecule has 18 heavy (non-hydrogen) atoms. The van der Waals surface area contributed by atoms with Crippen molar-refractivity contribution >= 4 is 0 Å². The minimum Gasteiger partial charge on any atom is -0.378 e. The van der Waals surface area contributed by atoms with Gasteiger partial charge in [-0.1, -0.05) is 19.8 Å². The third kappa shape index (κ3) is 4.22. The maximum absolute atomic E-state index is 5.81. The lowest BCUT2D eigenvalue weighted by Crippen LogP contribution is -2.42. The monoisotopic (exact) mass is 254 g/mol. The Bertz CT molecular complexity index is 221. The Balaban J connectivity index is 1.71. The molecule has 3 N–H and O–H groups in total. The molecule has 0 amide bonds. The van der Waals surface area contributed by atoms with Crippen LogP contribution in [-0.4, -0.2) is 18.8 Å². The lowest BCUT2D eigenvalue weighted by atomic mass is 9.78. The number of rotatable bonds is 5. The molecule has 0 radical (unpaired) electrons. The Morgan fingerprint density at radius 1 is 1.17 bits per heavy atom. The molecule has 2 aliphatic rings. The van der Waals surface area contributed by atoms with Crippen LogP contribution in [0.5, 0.6) is 0 Å². The number of hydrogen-bond acceptors (Lipinski definition) is 3. The normalized spacial score (nSPS) is 35.3. The summed E-state index contributed by atoms with van der Waals surface area (Å²) in [4.78, 5) is 0. The van der Waals surface area contributed by atoms with Gasteiger partial charge in [-0.05, 0) is 56.8 Å². The molecule has 0 aromatic heterocycles. The summed E-state index contributed by atoms with van der Waals surface area (Å²) < 4.78 is 5.81. The van der Waals surface area contributed by atoms with Crippen LogP contribution in [-0.2, 0) is 4.74 Å². The van der Waals surface area contributed by atoms with Crippen LogP contribution >= 0.6 is 0 Å². The van der Waals surface area contributed by atoms with Gasteiger partial charge in [0, 0.05) is 12.6 Å². The van der Waals surface area contributed by atoms with E-state index in [2.05, 4.69) is 12.3 Å². The quantitative estimate of drug-likeness (QED) is 0.585. The minimum atomic E-state index is 0.497. The number of nitrogens with two attached hydrogens (primary N) is 1. The SMILES string of the molecule is CC1CCC(C(CCC2CCCCO2)NN)CC1. The molecule has 3 heteroatoms. The fraction of sp³-hybridized carbons (Fsp3) is 1.00. The largest absolute Gasteiger partial charge is 0.378 e. The molecule has 1 aliphatic carbocycles. The van der Waals surface area contributed by atoms with Crippen LogP contribution in [0.4, 0.5) is 0 Å². The third-order valence-electron chi connectivity index (χ3n) is 4.92. The van der Waals surface area contributed by atoms with Gasteiger partial charge in [-0.3, -0.25) is 11.3 Å². The number of hydrogen-bond donors (Lipinski definition) is 2. The predicted octanol–water partition coefficient (Wildman–Crippen LogP) is 2.99. The molecule has 0 spiro atoms. The van der Waals surface area contributed by atoms with Gasteiger partial charge in [-0.2, -0.15) is 0 Å². The summed E-state index contributed by atoms with van der Waals surface area (Å²) in [5, 5.41) is 0. The van der Waals surface area contributed by atoms with E-state index < -0.39 is 0 Å². The standard InChI is InChI=1S/C15H30N2O/c1-12-5-7-13(8-6-12)15(17-16)10-9-14-4-2-3-11-18-14/h12-15,17H,2-11,16H2,1H3. The zero-order valence-corrected chi connectivity index (χ0v) is 11.9. The zero-order valence-electron chi connectivity index (χ0n) is 11.9. The van der Waals surface area contributed by atoms with Gasteiger partial charge in [0.25, 0.3) is 0 Å². The molecule has 2 fully saturated rings. The highest BCUT2D eigenvalue weighted by atomic mass is 16.5. The molecule has 2 atom stereocenters. The summed E-state index contributed by atoms with van der Waals surface area (Å²) in [6.07, 6.45) is 12.1. The molecule has 0 aromatic rings. The van der Waals surface area contributed by atoms with E-state index in [-0.39, 0.29) is 0 Å². The predicted molar refractivity (Wildman–Crippen MR) is 75.1 cm³/mol. The van der Waals surface area contributed by atoms with Crippen molar-refractivity contribution in [1.29, 1.82) is 0 Å². The highest BCUT2D eigenvalue weighted by Gasteiger charge is 2.26. The molecule has 106 valence electrons. The van der Waals surface area contributed by atoms with Gasteiger partial charge in [-0.25, -0.2) is 0 Å². The molecule has 1 saturated heterocycles. The van der Waals surface area contributed by atoms with Crippen molar-refractivity contribution in [2.45, 2.75) is 76.9 Å². The van der Waals surface area contributed by atoms with Crippen molar-refractivity contribution in [1.82, 2.24) is 5.43 Å². The van der Waals surface area contributed by atoms with Crippen molar-refractivity contribution < 1.29 is 4.74 Å². The van der Waals surface area contributed by atoms with Crippen LogP contribution < -0.4 is 11.3 Å². The van der Waals surface area contributed by atoms with E-state index in [1.54, 1.807) is 0 Å². The second kappa shape index (κ2) is 7.46. The van der Waals surface area contributed by atoms with E-state index in [0.717, 1.165) is 18.4 Å². The Morgan fingerprint density at radius 2 is 1.94 bits per heavy atom. The van der Waals surface area contributed by atoms with E-state index in [1.807, 2.05) is 0 Å². The van der Waals surface area contributed by atoms with E-state index >= 15 is 0 Å². The molecule has 0 aromatic carbocycles. The topological polar surface area (TPSA) is 47.3 Å². The van der Waals surface area contributed by atoms with Crippen LogP contribution in [0.25, 0.3) is 0 Å². The third-order valence-corrected chi connectivity index (χ3v) is 4.92. The van der Waals surface area contributed by atoms with Gasteiger partial charge in [0.15, 0.2) is 0 Å². The summed E-state index contributed by atoms with van der Waals surface area (Å²) >= 11 is 0. The number of nitrogens with one attached hydrogen (secondary N) is 1. The summed E-state index contributed by atoms with van der Waals surface area (Å²) in [6, 6.07) is 0.503. The van der Waals surface area contributed by atoms with Crippen LogP contribution in [0.15, 0.2) is 0 Å². The first-order chi connectivity index (χ1) is 8.79. The molecule has 2 unspecified atom stereocenters. The van der Waals surface area contributed by atoms with E-state index in [0.29, 0.717) is 12.1 Å². The average molecular weight is 254 g/mol. The summed E-state index contributed by atoms with van der Waals surface area (Å²) in [6.45, 7) is 3.34. The molecule has 1 heterocycles. The van der Waals surface area contributed by atoms with Crippen LogP contribution in [0, 0.1) is 11.8 Å². The Kier molecular flexibility index (Phi) is 5.93. The maximum Gasteiger partial charge on any atom is 0.0575 e. The first-order valence-electron chi connectivity index (χ1n) is 7.87. The Labute approximate surface area is 112 Å². The van der Waals surface area contributed by atoms with Gasteiger partial charge in [-0.15, -0.1) is 0 Å². The van der Waals surface area contributed by atoms with Crippen LogP contribution in [0.3, 0.4) is 0 Å². The maximum atomic E-state index is 5.81. The molecule has 3 nitrogen and oxygen atoms in total. The first-order valence-corrected chi connectivity index (χ1v) is 7.87. The minimum absolute atomic E-state index is 0.497. The number of ether oxygens (including phenoxy) is 1. The first kappa shape index (κ1) is 14.3. The molecular formula is C15H30N2O. The van der Waals surface area contributed by atoms with Gasteiger partial charge >= 0.3 is 0 Å². The molecule has 1 aliphatic heterocycles. The van der Waals surface area contributed by atoms with Crippen LogP contribution in [0.1, 0.15) is 64.7 Å². The van der Waals surface area contributed by atoms with E-state index in [9.17, 15) is 0 Å². The van der Waals surface area contributed by atoms with Crippen molar-refractivity contribution in [3.05, 3.63) is 0 Å². The van der Waals surface area contributed by atoms with Crippen molar-refractivity contribution in [2.75, 3.05) is 6.61 Å². The highest BCUT2D eigenvalue weighted by Crippen LogP contribution is 2.32.